The van der Waals surface area contributed by atoms with Gasteiger partial charge in [0.25, 0.3) is 5.91 Å². The second kappa shape index (κ2) is 11.4. The molecule has 3 aromatic carbocycles. The molecule has 0 bridgehead atoms. The lowest BCUT2D eigenvalue weighted by molar-refractivity contribution is 0.0710. The molecule has 0 saturated carbocycles. The Morgan fingerprint density at radius 1 is 0.905 bits per heavy atom. The molecule has 0 unspecified atom stereocenters. The van der Waals surface area contributed by atoms with Crippen molar-refractivity contribution in [2.24, 2.45) is 0 Å². The molecule has 4 heterocycles. The van der Waals surface area contributed by atoms with Crippen molar-refractivity contribution in [1.29, 1.82) is 0 Å². The standard InChI is InChI=1S/C35H33N3O4/c1-40-29-12-7-24(8-13-29)6-11-27-21-31(35(39)38-18-4-5-28(38)22-37-16-2-3-17-37)30-19-25(9-14-32(30)36-27)26-10-15-33-34(20-26)42-23-41-33/h7-10,12-15,19-21,28H,2-5,16-18,22-23H2,1H3/t28-/m0/s1. The van der Waals surface area contributed by atoms with Crippen LogP contribution in [0.4, 0.5) is 0 Å². The van der Waals surface area contributed by atoms with Crippen LogP contribution in [-0.2, 0) is 0 Å². The predicted molar refractivity (Wildman–Crippen MR) is 162 cm³/mol. The van der Waals surface area contributed by atoms with Gasteiger partial charge in [0.15, 0.2) is 11.5 Å². The van der Waals surface area contributed by atoms with Crippen LogP contribution < -0.4 is 14.2 Å². The molecule has 1 amide bonds. The Hall–Kier alpha value is -4.54. The van der Waals surface area contributed by atoms with Crippen molar-refractivity contribution in [2.45, 2.75) is 31.7 Å². The van der Waals surface area contributed by atoms with E-state index >= 15 is 0 Å². The molecule has 1 atom stereocenters. The third-order valence-corrected chi connectivity index (χ3v) is 8.48. The SMILES string of the molecule is COc1ccc(C#Cc2cc(C(=O)N3CCC[C@H]3CN3CCCC3)c3cc(-c4ccc5c(c4)OCO5)ccc3n2)cc1. The molecular formula is C35H33N3O4. The monoisotopic (exact) mass is 559 g/mol. The Labute approximate surface area is 246 Å². The van der Waals surface area contributed by atoms with Crippen LogP contribution in [0.15, 0.2) is 66.7 Å². The highest BCUT2D eigenvalue weighted by atomic mass is 16.7. The van der Waals surface area contributed by atoms with E-state index < -0.39 is 0 Å². The lowest BCUT2D eigenvalue weighted by Crippen LogP contribution is -2.42. The lowest BCUT2D eigenvalue weighted by atomic mass is 9.99. The first-order valence-corrected chi connectivity index (χ1v) is 14.7. The van der Waals surface area contributed by atoms with Gasteiger partial charge in [0.2, 0.25) is 6.79 Å². The number of hydrogen-bond acceptors (Lipinski definition) is 6. The number of methoxy groups -OCH3 is 1. The zero-order valence-electron chi connectivity index (χ0n) is 23.8. The summed E-state index contributed by atoms with van der Waals surface area (Å²) in [5.41, 5.74) is 4.82. The molecular weight excluding hydrogens is 526 g/mol. The van der Waals surface area contributed by atoms with Gasteiger partial charge in [0, 0.05) is 30.1 Å². The van der Waals surface area contributed by atoms with Crippen molar-refractivity contribution < 1.29 is 19.0 Å². The highest BCUT2D eigenvalue weighted by Gasteiger charge is 2.32. The lowest BCUT2D eigenvalue weighted by Gasteiger charge is -2.29. The fraction of sp³-hybridized carbons (Fsp3) is 0.314. The van der Waals surface area contributed by atoms with Crippen LogP contribution in [0.25, 0.3) is 22.0 Å². The van der Waals surface area contributed by atoms with Crippen molar-refractivity contribution in [2.75, 3.05) is 40.1 Å². The van der Waals surface area contributed by atoms with E-state index in [1.54, 1.807) is 7.11 Å². The fourth-order valence-corrected chi connectivity index (χ4v) is 6.24. The van der Waals surface area contributed by atoms with E-state index in [1.807, 2.05) is 60.7 Å². The molecule has 2 saturated heterocycles. The highest BCUT2D eigenvalue weighted by Crippen LogP contribution is 2.37. The Morgan fingerprint density at radius 2 is 1.69 bits per heavy atom. The Kier molecular flexibility index (Phi) is 7.15. The second-order valence-electron chi connectivity index (χ2n) is 11.1. The molecule has 7 nitrogen and oxygen atoms in total. The largest absolute Gasteiger partial charge is 0.497 e. The molecule has 3 aliphatic heterocycles. The van der Waals surface area contributed by atoms with Crippen LogP contribution in [0.5, 0.6) is 17.2 Å². The number of carbonyl (C=O) groups excluding carboxylic acids is 1. The van der Waals surface area contributed by atoms with E-state index in [9.17, 15) is 4.79 Å². The van der Waals surface area contributed by atoms with Gasteiger partial charge >= 0.3 is 0 Å². The van der Waals surface area contributed by atoms with Gasteiger partial charge in [-0.25, -0.2) is 4.98 Å². The van der Waals surface area contributed by atoms with Crippen molar-refractivity contribution in [3.05, 3.63) is 83.6 Å². The van der Waals surface area contributed by atoms with Gasteiger partial charge in [0.1, 0.15) is 11.4 Å². The highest BCUT2D eigenvalue weighted by molar-refractivity contribution is 6.07. The molecule has 0 radical (unpaired) electrons. The quantitative estimate of drug-likeness (QED) is 0.291. The Morgan fingerprint density at radius 3 is 2.52 bits per heavy atom. The van der Waals surface area contributed by atoms with Crippen molar-refractivity contribution in [3.8, 4) is 40.2 Å². The summed E-state index contributed by atoms with van der Waals surface area (Å²) in [5.74, 6) is 8.73. The van der Waals surface area contributed by atoms with Crippen LogP contribution in [0.1, 0.15) is 47.3 Å². The number of hydrogen-bond donors (Lipinski definition) is 0. The Balaban J connectivity index is 1.28. The molecule has 7 rings (SSSR count). The average molecular weight is 560 g/mol. The minimum absolute atomic E-state index is 0.0550. The number of fused-ring (bicyclic) bond motifs is 2. The number of amides is 1. The van der Waals surface area contributed by atoms with Crippen LogP contribution >= 0.6 is 0 Å². The van der Waals surface area contributed by atoms with Gasteiger partial charge in [-0.3, -0.25) is 4.79 Å². The first kappa shape index (κ1) is 26.4. The van der Waals surface area contributed by atoms with E-state index in [0.29, 0.717) is 11.3 Å². The van der Waals surface area contributed by atoms with Crippen LogP contribution in [0.2, 0.25) is 0 Å². The van der Waals surface area contributed by atoms with Gasteiger partial charge < -0.3 is 24.0 Å². The number of carbonyl (C=O) groups is 1. The van der Waals surface area contributed by atoms with E-state index in [2.05, 4.69) is 27.7 Å². The molecule has 4 aromatic rings. The molecule has 3 aliphatic rings. The number of benzene rings is 3. The summed E-state index contributed by atoms with van der Waals surface area (Å²) in [5, 5.41) is 0.831. The first-order valence-electron chi connectivity index (χ1n) is 14.7. The van der Waals surface area contributed by atoms with E-state index in [0.717, 1.165) is 83.9 Å². The van der Waals surface area contributed by atoms with Crippen LogP contribution in [0, 0.1) is 11.8 Å². The summed E-state index contributed by atoms with van der Waals surface area (Å²) < 4.78 is 16.4. The molecule has 212 valence electrons. The van der Waals surface area contributed by atoms with Crippen molar-refractivity contribution in [1.82, 2.24) is 14.8 Å². The summed E-state index contributed by atoms with van der Waals surface area (Å²) in [7, 11) is 1.65. The maximum Gasteiger partial charge on any atom is 0.254 e. The third kappa shape index (κ3) is 5.26. The minimum atomic E-state index is 0.0550. The van der Waals surface area contributed by atoms with E-state index in [-0.39, 0.29) is 18.7 Å². The third-order valence-electron chi connectivity index (χ3n) is 8.48. The van der Waals surface area contributed by atoms with Crippen LogP contribution in [0.3, 0.4) is 0 Å². The van der Waals surface area contributed by atoms with Gasteiger partial charge in [-0.2, -0.15) is 0 Å². The van der Waals surface area contributed by atoms with E-state index in [4.69, 9.17) is 19.2 Å². The van der Waals surface area contributed by atoms with E-state index in [1.165, 1.54) is 12.8 Å². The Bertz CT molecular complexity index is 1700. The zero-order valence-corrected chi connectivity index (χ0v) is 23.8. The smallest absolute Gasteiger partial charge is 0.254 e. The maximum absolute atomic E-state index is 14.3. The number of ether oxygens (including phenoxy) is 3. The zero-order chi connectivity index (χ0) is 28.5. The number of pyridine rings is 1. The van der Waals surface area contributed by atoms with Crippen LogP contribution in [-0.4, -0.2) is 66.8 Å². The summed E-state index contributed by atoms with van der Waals surface area (Å²) >= 11 is 0. The summed E-state index contributed by atoms with van der Waals surface area (Å²) in [4.78, 5) is 23.8. The van der Waals surface area contributed by atoms with Gasteiger partial charge in [-0.15, -0.1) is 0 Å². The first-order chi connectivity index (χ1) is 20.6. The normalized spacial score (nSPS) is 17.8. The molecule has 42 heavy (non-hydrogen) atoms. The fourth-order valence-electron chi connectivity index (χ4n) is 6.24. The number of nitrogens with zero attached hydrogens (tertiary/aromatic N) is 3. The summed E-state index contributed by atoms with van der Waals surface area (Å²) in [6.45, 7) is 4.20. The van der Waals surface area contributed by atoms with Crippen molar-refractivity contribution in [3.63, 3.8) is 0 Å². The molecule has 7 heteroatoms. The predicted octanol–water partition coefficient (Wildman–Crippen LogP) is 5.74. The van der Waals surface area contributed by atoms with Gasteiger partial charge in [0.05, 0.1) is 18.2 Å². The van der Waals surface area contributed by atoms with Gasteiger partial charge in [-0.1, -0.05) is 18.1 Å². The molecule has 2 fully saturated rings. The molecule has 0 aliphatic carbocycles. The average Bonchev–Trinajstić information content (AvgIpc) is 3.82. The maximum atomic E-state index is 14.3. The summed E-state index contributed by atoms with van der Waals surface area (Å²) in [6.07, 6.45) is 4.56. The molecule has 0 spiro atoms. The topological polar surface area (TPSA) is 64.1 Å². The molecule has 0 N–H and O–H groups in total. The number of rotatable bonds is 5. The number of likely N-dealkylation sites (tertiary alicyclic amines) is 2. The molecule has 1 aromatic heterocycles. The second-order valence-corrected chi connectivity index (χ2v) is 11.1. The number of aromatic nitrogens is 1. The summed E-state index contributed by atoms with van der Waals surface area (Å²) in [6, 6.07) is 21.7. The van der Waals surface area contributed by atoms with Gasteiger partial charge in [-0.05, 0) is 110 Å². The van der Waals surface area contributed by atoms with Crippen molar-refractivity contribution >= 4 is 16.8 Å². The minimum Gasteiger partial charge on any atom is -0.497 e.